The first kappa shape index (κ1) is 15.0. The van der Waals surface area contributed by atoms with Crippen LogP contribution in [0.5, 0.6) is 0 Å². The predicted molar refractivity (Wildman–Crippen MR) is 75.4 cm³/mol. The Labute approximate surface area is 114 Å². The number of benzene rings is 1. The van der Waals surface area contributed by atoms with Gasteiger partial charge in [-0.1, -0.05) is 44.5 Å². The maximum atomic E-state index is 11.4. The molecule has 0 saturated heterocycles. The van der Waals surface area contributed by atoms with Crippen molar-refractivity contribution in [2.24, 2.45) is 11.7 Å². The number of hydrogen-bond donors (Lipinski definition) is 2. The molecular weight excluding hydrogens is 248 g/mol. The van der Waals surface area contributed by atoms with Crippen LogP contribution in [0.3, 0.4) is 0 Å². The SMILES string of the molecule is CCC(NC(C(N)=O)C(C)C)c1ccc(Cl)cc1. The van der Waals surface area contributed by atoms with E-state index in [1.54, 1.807) is 0 Å². The summed E-state index contributed by atoms with van der Waals surface area (Å²) in [4.78, 5) is 11.4. The number of primary amides is 1. The molecular formula is C14H21ClN2O. The molecule has 0 radical (unpaired) electrons. The molecule has 0 aliphatic rings. The molecule has 100 valence electrons. The summed E-state index contributed by atoms with van der Waals surface area (Å²) in [7, 11) is 0. The minimum Gasteiger partial charge on any atom is -0.368 e. The van der Waals surface area contributed by atoms with Crippen LogP contribution in [0.1, 0.15) is 38.8 Å². The molecule has 0 heterocycles. The van der Waals surface area contributed by atoms with Crippen molar-refractivity contribution < 1.29 is 4.79 Å². The lowest BCUT2D eigenvalue weighted by atomic mass is 9.98. The maximum Gasteiger partial charge on any atom is 0.234 e. The zero-order chi connectivity index (χ0) is 13.7. The Hall–Kier alpha value is -1.06. The molecule has 1 aromatic carbocycles. The van der Waals surface area contributed by atoms with Crippen LogP contribution in [0.2, 0.25) is 5.02 Å². The van der Waals surface area contributed by atoms with Crippen LogP contribution in [0.15, 0.2) is 24.3 Å². The quantitative estimate of drug-likeness (QED) is 0.834. The van der Waals surface area contributed by atoms with Crippen LogP contribution in [-0.2, 0) is 4.79 Å². The normalized spacial score (nSPS) is 14.5. The molecule has 2 unspecified atom stereocenters. The van der Waals surface area contributed by atoms with Crippen molar-refractivity contribution in [3.05, 3.63) is 34.9 Å². The van der Waals surface area contributed by atoms with E-state index >= 15 is 0 Å². The van der Waals surface area contributed by atoms with E-state index in [2.05, 4.69) is 12.2 Å². The highest BCUT2D eigenvalue weighted by atomic mass is 35.5. The first-order valence-electron chi connectivity index (χ1n) is 6.26. The largest absolute Gasteiger partial charge is 0.368 e. The average molecular weight is 269 g/mol. The lowest BCUT2D eigenvalue weighted by Gasteiger charge is -2.26. The Morgan fingerprint density at radius 1 is 1.33 bits per heavy atom. The van der Waals surface area contributed by atoms with Crippen molar-refractivity contribution in [1.82, 2.24) is 5.32 Å². The van der Waals surface area contributed by atoms with Gasteiger partial charge >= 0.3 is 0 Å². The van der Waals surface area contributed by atoms with Gasteiger partial charge in [0, 0.05) is 11.1 Å². The van der Waals surface area contributed by atoms with Crippen molar-refractivity contribution >= 4 is 17.5 Å². The summed E-state index contributed by atoms with van der Waals surface area (Å²) in [5.74, 6) is -0.138. The minimum atomic E-state index is -0.314. The number of nitrogens with two attached hydrogens (primary N) is 1. The van der Waals surface area contributed by atoms with Gasteiger partial charge in [0.05, 0.1) is 6.04 Å². The van der Waals surface area contributed by atoms with Gasteiger partial charge in [0.2, 0.25) is 5.91 Å². The Morgan fingerprint density at radius 2 is 1.89 bits per heavy atom. The fraction of sp³-hybridized carbons (Fsp3) is 0.500. The van der Waals surface area contributed by atoms with Crippen molar-refractivity contribution in [3.63, 3.8) is 0 Å². The smallest absolute Gasteiger partial charge is 0.234 e. The van der Waals surface area contributed by atoms with Crippen molar-refractivity contribution in [2.45, 2.75) is 39.3 Å². The number of hydrogen-bond acceptors (Lipinski definition) is 2. The zero-order valence-corrected chi connectivity index (χ0v) is 11.9. The van der Waals surface area contributed by atoms with E-state index in [0.29, 0.717) is 5.02 Å². The van der Waals surface area contributed by atoms with E-state index in [0.717, 1.165) is 12.0 Å². The second-order valence-electron chi connectivity index (χ2n) is 4.80. The highest BCUT2D eigenvalue weighted by Gasteiger charge is 2.22. The molecule has 0 fully saturated rings. The van der Waals surface area contributed by atoms with Crippen LogP contribution in [0.4, 0.5) is 0 Å². The number of amides is 1. The molecule has 1 amide bonds. The van der Waals surface area contributed by atoms with E-state index < -0.39 is 0 Å². The molecule has 2 atom stereocenters. The van der Waals surface area contributed by atoms with E-state index in [4.69, 9.17) is 17.3 Å². The number of rotatable bonds is 6. The van der Waals surface area contributed by atoms with Crippen LogP contribution < -0.4 is 11.1 Å². The summed E-state index contributed by atoms with van der Waals surface area (Å²) in [6.45, 7) is 6.04. The van der Waals surface area contributed by atoms with Crippen molar-refractivity contribution in [1.29, 1.82) is 0 Å². The predicted octanol–water partition coefficient (Wildman–Crippen LogP) is 2.89. The Kier molecular flexibility index (Phi) is 5.63. The Bertz CT molecular complexity index is 389. The molecule has 0 bridgehead atoms. The molecule has 0 spiro atoms. The summed E-state index contributed by atoms with van der Waals surface area (Å²) < 4.78 is 0. The minimum absolute atomic E-state index is 0.113. The van der Waals surface area contributed by atoms with Crippen LogP contribution in [-0.4, -0.2) is 11.9 Å². The lowest BCUT2D eigenvalue weighted by molar-refractivity contribution is -0.121. The fourth-order valence-electron chi connectivity index (χ4n) is 1.96. The summed E-state index contributed by atoms with van der Waals surface area (Å²) in [6.07, 6.45) is 0.887. The monoisotopic (exact) mass is 268 g/mol. The van der Waals surface area contributed by atoms with E-state index in [-0.39, 0.29) is 23.9 Å². The first-order valence-corrected chi connectivity index (χ1v) is 6.64. The average Bonchev–Trinajstić information content (AvgIpc) is 2.31. The molecule has 4 heteroatoms. The van der Waals surface area contributed by atoms with Gasteiger partial charge in [-0.2, -0.15) is 0 Å². The van der Waals surface area contributed by atoms with Crippen LogP contribution in [0, 0.1) is 5.92 Å². The maximum absolute atomic E-state index is 11.4. The zero-order valence-electron chi connectivity index (χ0n) is 11.1. The fourth-order valence-corrected chi connectivity index (χ4v) is 2.09. The molecule has 0 aliphatic carbocycles. The summed E-state index contributed by atoms with van der Waals surface area (Å²) >= 11 is 5.87. The van der Waals surface area contributed by atoms with Gasteiger partial charge in [-0.3, -0.25) is 10.1 Å². The number of halogens is 1. The van der Waals surface area contributed by atoms with Gasteiger partial charge in [-0.25, -0.2) is 0 Å². The molecule has 18 heavy (non-hydrogen) atoms. The number of nitrogens with one attached hydrogen (secondary N) is 1. The second-order valence-corrected chi connectivity index (χ2v) is 5.24. The lowest BCUT2D eigenvalue weighted by Crippen LogP contribution is -2.46. The molecule has 1 rings (SSSR count). The third-order valence-electron chi connectivity index (χ3n) is 3.03. The van der Waals surface area contributed by atoms with Crippen LogP contribution in [0.25, 0.3) is 0 Å². The molecule has 3 N–H and O–H groups in total. The van der Waals surface area contributed by atoms with Gasteiger partial charge in [0.15, 0.2) is 0 Å². The summed E-state index contributed by atoms with van der Waals surface area (Å²) in [6, 6.07) is 7.46. The molecule has 0 aromatic heterocycles. The van der Waals surface area contributed by atoms with Crippen LogP contribution >= 0.6 is 11.6 Å². The van der Waals surface area contributed by atoms with Crippen molar-refractivity contribution in [3.8, 4) is 0 Å². The van der Waals surface area contributed by atoms with E-state index in [1.807, 2.05) is 38.1 Å². The number of carbonyl (C=O) groups is 1. The molecule has 0 saturated carbocycles. The van der Waals surface area contributed by atoms with E-state index in [1.165, 1.54) is 0 Å². The Balaban J connectivity index is 2.83. The van der Waals surface area contributed by atoms with Gasteiger partial charge in [0.25, 0.3) is 0 Å². The van der Waals surface area contributed by atoms with Gasteiger partial charge < -0.3 is 5.73 Å². The first-order chi connectivity index (χ1) is 8.45. The highest BCUT2D eigenvalue weighted by molar-refractivity contribution is 6.30. The van der Waals surface area contributed by atoms with Gasteiger partial charge in [-0.05, 0) is 30.0 Å². The number of carbonyl (C=O) groups excluding carboxylic acids is 1. The third-order valence-corrected chi connectivity index (χ3v) is 3.29. The molecule has 0 aliphatic heterocycles. The van der Waals surface area contributed by atoms with Gasteiger partial charge in [-0.15, -0.1) is 0 Å². The second kappa shape index (κ2) is 6.76. The summed E-state index contributed by atoms with van der Waals surface area (Å²) in [5.41, 5.74) is 6.54. The summed E-state index contributed by atoms with van der Waals surface area (Å²) in [5, 5.41) is 4.03. The van der Waals surface area contributed by atoms with Gasteiger partial charge in [0.1, 0.15) is 0 Å². The standard InChI is InChI=1S/C14H21ClN2O/c1-4-12(10-5-7-11(15)8-6-10)17-13(9(2)3)14(16)18/h5-9,12-13,17H,4H2,1-3H3,(H2,16,18). The third kappa shape index (κ3) is 4.00. The van der Waals surface area contributed by atoms with Crippen molar-refractivity contribution in [2.75, 3.05) is 0 Å². The highest BCUT2D eigenvalue weighted by Crippen LogP contribution is 2.20. The Morgan fingerprint density at radius 3 is 2.28 bits per heavy atom. The topological polar surface area (TPSA) is 55.1 Å². The molecule has 3 nitrogen and oxygen atoms in total. The van der Waals surface area contributed by atoms with E-state index in [9.17, 15) is 4.79 Å². The molecule has 1 aromatic rings.